The third-order valence-electron chi connectivity index (χ3n) is 5.07. The molecule has 0 bridgehead atoms. The summed E-state index contributed by atoms with van der Waals surface area (Å²) in [5.74, 6) is -0.0753. The summed E-state index contributed by atoms with van der Waals surface area (Å²) in [5, 5.41) is 0. The van der Waals surface area contributed by atoms with E-state index in [0.29, 0.717) is 12.5 Å². The van der Waals surface area contributed by atoms with Gasteiger partial charge in [0.2, 0.25) is 0 Å². The highest BCUT2D eigenvalue weighted by molar-refractivity contribution is 5.94. The summed E-state index contributed by atoms with van der Waals surface area (Å²) in [5.41, 5.74) is -0.744. The second-order valence-corrected chi connectivity index (χ2v) is 6.83. The van der Waals surface area contributed by atoms with Gasteiger partial charge in [0.15, 0.2) is 0 Å². The summed E-state index contributed by atoms with van der Waals surface area (Å²) in [6.45, 7) is 5.76. The van der Waals surface area contributed by atoms with Crippen LogP contribution >= 0.6 is 0 Å². The summed E-state index contributed by atoms with van der Waals surface area (Å²) < 4.78 is 38.3. The Bertz CT molecular complexity index is 583. The van der Waals surface area contributed by atoms with E-state index in [1.807, 2.05) is 0 Å². The Balaban J connectivity index is 2.12. The van der Waals surface area contributed by atoms with E-state index in [1.165, 1.54) is 17.0 Å². The van der Waals surface area contributed by atoms with Gasteiger partial charge in [-0.15, -0.1) is 0 Å². The SMILES string of the molecule is CN(CC1CCN(C)C1(C)C)C(=O)c1cccc(C(F)(F)F)c1. The van der Waals surface area contributed by atoms with Crippen LogP contribution in [0.4, 0.5) is 13.2 Å². The topological polar surface area (TPSA) is 23.6 Å². The van der Waals surface area contributed by atoms with Crippen molar-refractivity contribution >= 4 is 5.91 Å². The zero-order chi connectivity index (χ0) is 17.4. The van der Waals surface area contributed by atoms with Gasteiger partial charge in [-0.05, 0) is 58.0 Å². The van der Waals surface area contributed by atoms with E-state index in [9.17, 15) is 18.0 Å². The third kappa shape index (κ3) is 3.68. The predicted molar refractivity (Wildman–Crippen MR) is 83.2 cm³/mol. The highest BCUT2D eigenvalue weighted by atomic mass is 19.4. The van der Waals surface area contributed by atoms with Gasteiger partial charge >= 0.3 is 6.18 Å². The van der Waals surface area contributed by atoms with Gasteiger partial charge in [0.1, 0.15) is 0 Å². The number of carbonyl (C=O) groups excluding carboxylic acids is 1. The summed E-state index contributed by atoms with van der Waals surface area (Å²) in [6, 6.07) is 4.60. The molecule has 0 N–H and O–H groups in total. The third-order valence-corrected chi connectivity index (χ3v) is 5.07. The molecule has 1 heterocycles. The smallest absolute Gasteiger partial charge is 0.341 e. The van der Waals surface area contributed by atoms with E-state index in [0.717, 1.165) is 25.1 Å². The van der Waals surface area contributed by atoms with Crippen molar-refractivity contribution in [1.82, 2.24) is 9.80 Å². The fourth-order valence-electron chi connectivity index (χ4n) is 3.08. The van der Waals surface area contributed by atoms with Crippen molar-refractivity contribution in [2.75, 3.05) is 27.2 Å². The molecule has 23 heavy (non-hydrogen) atoms. The average molecular weight is 328 g/mol. The van der Waals surface area contributed by atoms with Crippen LogP contribution in [0.1, 0.15) is 36.2 Å². The van der Waals surface area contributed by atoms with Gasteiger partial charge in [0, 0.05) is 24.7 Å². The number of benzene rings is 1. The molecule has 1 amide bonds. The Morgan fingerprint density at radius 1 is 1.39 bits per heavy atom. The molecule has 0 radical (unpaired) electrons. The van der Waals surface area contributed by atoms with E-state index < -0.39 is 11.7 Å². The van der Waals surface area contributed by atoms with Gasteiger partial charge in [0.05, 0.1) is 5.56 Å². The molecule has 1 atom stereocenters. The number of halogens is 3. The van der Waals surface area contributed by atoms with E-state index in [1.54, 1.807) is 7.05 Å². The van der Waals surface area contributed by atoms with Crippen LogP contribution in [0.5, 0.6) is 0 Å². The lowest BCUT2D eigenvalue weighted by Gasteiger charge is -2.35. The first-order chi connectivity index (χ1) is 10.5. The van der Waals surface area contributed by atoms with E-state index in [2.05, 4.69) is 25.8 Å². The zero-order valence-electron chi connectivity index (χ0n) is 13.9. The van der Waals surface area contributed by atoms with Gasteiger partial charge in [-0.25, -0.2) is 0 Å². The van der Waals surface area contributed by atoms with Crippen molar-refractivity contribution < 1.29 is 18.0 Å². The second-order valence-electron chi connectivity index (χ2n) is 6.83. The predicted octanol–water partition coefficient (Wildman–Crippen LogP) is 3.51. The molecule has 3 nitrogen and oxygen atoms in total. The first kappa shape index (κ1) is 17.8. The fraction of sp³-hybridized carbons (Fsp3) is 0.588. The summed E-state index contributed by atoms with van der Waals surface area (Å²) in [7, 11) is 3.70. The maximum absolute atomic E-state index is 12.8. The molecule has 1 aliphatic rings. The monoisotopic (exact) mass is 328 g/mol. The Labute approximate surface area is 135 Å². The molecular formula is C17H23F3N2O. The molecule has 0 aliphatic carbocycles. The number of hydrogen-bond donors (Lipinski definition) is 0. The van der Waals surface area contributed by atoms with E-state index >= 15 is 0 Å². The van der Waals surface area contributed by atoms with Crippen molar-refractivity contribution in [3.8, 4) is 0 Å². The number of amides is 1. The van der Waals surface area contributed by atoms with E-state index in [4.69, 9.17) is 0 Å². The molecule has 128 valence electrons. The minimum atomic E-state index is -4.44. The van der Waals surface area contributed by atoms with Crippen molar-refractivity contribution in [3.05, 3.63) is 35.4 Å². The normalized spacial score (nSPS) is 21.4. The maximum Gasteiger partial charge on any atom is 0.416 e. The minimum absolute atomic E-state index is 0.0254. The molecule has 1 aromatic carbocycles. The molecular weight excluding hydrogens is 305 g/mol. The van der Waals surface area contributed by atoms with E-state index in [-0.39, 0.29) is 17.0 Å². The highest BCUT2D eigenvalue weighted by Crippen LogP contribution is 2.34. The number of likely N-dealkylation sites (tertiary alicyclic amines) is 1. The molecule has 2 rings (SSSR count). The van der Waals surface area contributed by atoms with Crippen molar-refractivity contribution in [2.45, 2.75) is 32.0 Å². The lowest BCUT2D eigenvalue weighted by molar-refractivity contribution is -0.137. The number of hydrogen-bond acceptors (Lipinski definition) is 2. The van der Waals surface area contributed by atoms with Gasteiger partial charge < -0.3 is 9.80 Å². The van der Waals surface area contributed by atoms with Crippen LogP contribution in [-0.4, -0.2) is 48.4 Å². The summed E-state index contributed by atoms with van der Waals surface area (Å²) >= 11 is 0. The van der Waals surface area contributed by atoms with Crippen molar-refractivity contribution in [1.29, 1.82) is 0 Å². The maximum atomic E-state index is 12.8. The molecule has 0 aromatic heterocycles. The highest BCUT2D eigenvalue weighted by Gasteiger charge is 2.40. The van der Waals surface area contributed by atoms with Crippen LogP contribution in [0.25, 0.3) is 0 Å². The Kier molecular flexibility index (Phi) is 4.76. The van der Waals surface area contributed by atoms with Crippen LogP contribution < -0.4 is 0 Å². The van der Waals surface area contributed by atoms with Crippen molar-refractivity contribution in [3.63, 3.8) is 0 Å². The van der Waals surface area contributed by atoms with Gasteiger partial charge in [0.25, 0.3) is 5.91 Å². The first-order valence-electron chi connectivity index (χ1n) is 7.67. The van der Waals surface area contributed by atoms with Crippen LogP contribution in [0.3, 0.4) is 0 Å². The van der Waals surface area contributed by atoms with Crippen LogP contribution in [-0.2, 0) is 6.18 Å². The Morgan fingerprint density at radius 2 is 2.04 bits per heavy atom. The quantitative estimate of drug-likeness (QED) is 0.848. The molecule has 1 aliphatic heterocycles. The zero-order valence-corrected chi connectivity index (χ0v) is 13.9. The largest absolute Gasteiger partial charge is 0.416 e. The number of rotatable bonds is 3. The average Bonchev–Trinajstić information content (AvgIpc) is 2.72. The summed E-state index contributed by atoms with van der Waals surface area (Å²) in [6.07, 6.45) is -3.46. The molecule has 0 spiro atoms. The molecule has 1 saturated heterocycles. The minimum Gasteiger partial charge on any atom is -0.341 e. The van der Waals surface area contributed by atoms with Gasteiger partial charge in [-0.1, -0.05) is 6.07 Å². The molecule has 1 aromatic rings. The first-order valence-corrected chi connectivity index (χ1v) is 7.67. The second kappa shape index (κ2) is 6.15. The Hall–Kier alpha value is -1.56. The molecule has 6 heteroatoms. The molecule has 1 unspecified atom stereocenters. The standard InChI is InChI=1S/C17H23F3N2O/c1-16(2)14(8-9-22(16)4)11-21(3)15(23)12-6-5-7-13(10-12)17(18,19)20/h5-7,10,14H,8-9,11H2,1-4H3. The summed E-state index contributed by atoms with van der Waals surface area (Å²) in [4.78, 5) is 16.2. The number of alkyl halides is 3. The molecule has 0 saturated carbocycles. The van der Waals surface area contributed by atoms with Crippen molar-refractivity contribution in [2.24, 2.45) is 5.92 Å². The lowest BCUT2D eigenvalue weighted by Crippen LogP contribution is -2.44. The van der Waals surface area contributed by atoms with Crippen LogP contribution in [0.2, 0.25) is 0 Å². The van der Waals surface area contributed by atoms with Gasteiger partial charge in [-0.2, -0.15) is 13.2 Å². The number of carbonyl (C=O) groups is 1. The Morgan fingerprint density at radius 3 is 2.57 bits per heavy atom. The lowest BCUT2D eigenvalue weighted by atomic mass is 9.88. The number of nitrogens with zero attached hydrogens (tertiary/aromatic N) is 2. The fourth-order valence-corrected chi connectivity index (χ4v) is 3.08. The van der Waals surface area contributed by atoms with Crippen LogP contribution in [0.15, 0.2) is 24.3 Å². The van der Waals surface area contributed by atoms with Gasteiger partial charge in [-0.3, -0.25) is 4.79 Å². The molecule has 1 fully saturated rings. The van der Waals surface area contributed by atoms with Crippen LogP contribution in [0, 0.1) is 5.92 Å².